The lowest BCUT2D eigenvalue weighted by atomic mass is 10.0. The molecule has 0 aliphatic carbocycles. The minimum Gasteiger partial charge on any atom is -0.493 e. The van der Waals surface area contributed by atoms with Crippen LogP contribution in [0.4, 0.5) is 0 Å². The molecule has 0 amide bonds. The van der Waals surface area contributed by atoms with Crippen LogP contribution >= 0.6 is 0 Å². The number of hydrogen-bond donors (Lipinski definition) is 1. The van der Waals surface area contributed by atoms with E-state index in [9.17, 15) is 0 Å². The van der Waals surface area contributed by atoms with Crippen molar-refractivity contribution in [3.8, 4) is 5.75 Å². The van der Waals surface area contributed by atoms with Gasteiger partial charge in [-0.2, -0.15) is 0 Å². The highest BCUT2D eigenvalue weighted by Crippen LogP contribution is 2.27. The Labute approximate surface area is 140 Å². The van der Waals surface area contributed by atoms with Gasteiger partial charge in [0.2, 0.25) is 0 Å². The van der Waals surface area contributed by atoms with Gasteiger partial charge in [0.05, 0.1) is 19.7 Å². The summed E-state index contributed by atoms with van der Waals surface area (Å²) >= 11 is 0. The summed E-state index contributed by atoms with van der Waals surface area (Å²) in [4.78, 5) is 0. The molecular formula is C21H30NO+. The van der Waals surface area contributed by atoms with Crippen LogP contribution in [0.1, 0.15) is 42.9 Å². The van der Waals surface area contributed by atoms with Crippen LogP contribution in [0.15, 0.2) is 48.5 Å². The maximum absolute atomic E-state index is 6.02. The Morgan fingerprint density at radius 1 is 1.00 bits per heavy atom. The molecule has 2 aromatic carbocycles. The molecule has 0 spiro atoms. The van der Waals surface area contributed by atoms with Crippen LogP contribution in [0.2, 0.25) is 0 Å². The van der Waals surface area contributed by atoms with Gasteiger partial charge in [-0.1, -0.05) is 56.3 Å². The minimum absolute atomic E-state index is 0.503. The molecule has 124 valence electrons. The van der Waals surface area contributed by atoms with Gasteiger partial charge in [-0.05, 0) is 35.6 Å². The van der Waals surface area contributed by atoms with Crippen molar-refractivity contribution >= 4 is 0 Å². The Hall–Kier alpha value is -1.80. The molecule has 0 saturated carbocycles. The van der Waals surface area contributed by atoms with Crippen molar-refractivity contribution in [3.63, 3.8) is 0 Å². The maximum Gasteiger partial charge on any atom is 0.123 e. The molecule has 2 nitrogen and oxygen atoms in total. The first kappa shape index (κ1) is 17.6. The summed E-state index contributed by atoms with van der Waals surface area (Å²) in [6, 6.07) is 17.2. The largest absolute Gasteiger partial charge is 0.493 e. The van der Waals surface area contributed by atoms with E-state index in [-0.39, 0.29) is 0 Å². The third-order valence-electron chi connectivity index (χ3n) is 4.08. The Balaban J connectivity index is 1.65. The summed E-state index contributed by atoms with van der Waals surface area (Å²) in [6.07, 6.45) is 2.22. The molecular weight excluding hydrogens is 282 g/mol. The Kier molecular flexibility index (Phi) is 7.15. The second kappa shape index (κ2) is 9.36. The molecule has 0 aliphatic rings. The van der Waals surface area contributed by atoms with Crippen molar-refractivity contribution in [2.75, 3.05) is 19.7 Å². The summed E-state index contributed by atoms with van der Waals surface area (Å²) in [6.45, 7) is 9.62. The molecule has 0 bridgehead atoms. The van der Waals surface area contributed by atoms with E-state index in [1.54, 1.807) is 0 Å². The minimum atomic E-state index is 0.503. The topological polar surface area (TPSA) is 25.8 Å². The van der Waals surface area contributed by atoms with Gasteiger partial charge in [0.1, 0.15) is 5.75 Å². The van der Waals surface area contributed by atoms with Crippen LogP contribution < -0.4 is 10.1 Å². The van der Waals surface area contributed by atoms with Crippen molar-refractivity contribution in [1.29, 1.82) is 0 Å². The highest BCUT2D eigenvalue weighted by Gasteiger charge is 2.08. The van der Waals surface area contributed by atoms with Crippen LogP contribution in [0.5, 0.6) is 5.75 Å². The van der Waals surface area contributed by atoms with Gasteiger partial charge in [-0.15, -0.1) is 0 Å². The second-order valence-corrected chi connectivity index (χ2v) is 6.50. The Bertz CT molecular complexity index is 578. The van der Waals surface area contributed by atoms with Crippen molar-refractivity contribution < 1.29 is 10.1 Å². The molecule has 0 heterocycles. The molecule has 23 heavy (non-hydrogen) atoms. The zero-order valence-electron chi connectivity index (χ0n) is 14.7. The molecule has 0 saturated heterocycles. The first-order valence-corrected chi connectivity index (χ1v) is 8.75. The van der Waals surface area contributed by atoms with Gasteiger partial charge < -0.3 is 10.1 Å². The predicted molar refractivity (Wildman–Crippen MR) is 97.2 cm³/mol. The molecule has 0 atom stereocenters. The quantitative estimate of drug-likeness (QED) is 0.702. The average Bonchev–Trinajstić information content (AvgIpc) is 2.54. The fraction of sp³-hybridized carbons (Fsp3) is 0.429. The number of hydrogen-bond acceptors (Lipinski definition) is 1. The van der Waals surface area contributed by atoms with Crippen LogP contribution in [0, 0.1) is 6.92 Å². The standard InChI is InChI=1S/C21H29NO/c1-17(2)20-11-10-18(3)16-21(20)23-15-7-13-22-14-12-19-8-5-4-6-9-19/h4-6,8-11,16-17,22H,7,12-15H2,1-3H3/p+1. The fourth-order valence-corrected chi connectivity index (χ4v) is 2.71. The SMILES string of the molecule is Cc1ccc(C(C)C)c(OCCC[NH2+]CCc2ccccc2)c1. The van der Waals surface area contributed by atoms with Gasteiger partial charge in [-0.25, -0.2) is 0 Å². The number of benzene rings is 2. The molecule has 0 aromatic heterocycles. The molecule has 2 N–H and O–H groups in total. The zero-order chi connectivity index (χ0) is 16.5. The van der Waals surface area contributed by atoms with E-state index in [1.807, 2.05) is 0 Å². The first-order chi connectivity index (χ1) is 11.2. The van der Waals surface area contributed by atoms with E-state index in [0.29, 0.717) is 5.92 Å². The molecule has 0 aliphatic heterocycles. The highest BCUT2D eigenvalue weighted by atomic mass is 16.5. The van der Waals surface area contributed by atoms with E-state index >= 15 is 0 Å². The summed E-state index contributed by atoms with van der Waals surface area (Å²) < 4.78 is 6.02. The van der Waals surface area contributed by atoms with Crippen LogP contribution in [-0.2, 0) is 6.42 Å². The van der Waals surface area contributed by atoms with E-state index in [2.05, 4.69) is 74.6 Å². The van der Waals surface area contributed by atoms with Gasteiger partial charge in [0, 0.05) is 12.8 Å². The third kappa shape index (κ3) is 6.07. The lowest BCUT2D eigenvalue weighted by Crippen LogP contribution is -2.84. The first-order valence-electron chi connectivity index (χ1n) is 8.75. The molecule has 2 rings (SSSR count). The maximum atomic E-state index is 6.02. The summed E-state index contributed by atoms with van der Waals surface area (Å²) in [5.74, 6) is 1.56. The number of rotatable bonds is 9. The molecule has 2 aromatic rings. The summed E-state index contributed by atoms with van der Waals surface area (Å²) in [5.41, 5.74) is 3.99. The predicted octanol–water partition coefficient (Wildman–Crippen LogP) is 3.69. The number of ether oxygens (including phenoxy) is 1. The number of aryl methyl sites for hydroxylation is 1. The van der Waals surface area contributed by atoms with E-state index in [1.165, 1.54) is 16.7 Å². The smallest absolute Gasteiger partial charge is 0.123 e. The lowest BCUT2D eigenvalue weighted by molar-refractivity contribution is -0.654. The van der Waals surface area contributed by atoms with Crippen LogP contribution in [-0.4, -0.2) is 19.7 Å². The lowest BCUT2D eigenvalue weighted by Gasteiger charge is -2.14. The van der Waals surface area contributed by atoms with Crippen molar-refractivity contribution in [2.24, 2.45) is 0 Å². The number of quaternary nitrogens is 1. The van der Waals surface area contributed by atoms with Crippen molar-refractivity contribution in [1.82, 2.24) is 0 Å². The summed E-state index contributed by atoms with van der Waals surface area (Å²) in [5, 5.41) is 2.38. The van der Waals surface area contributed by atoms with Gasteiger partial charge in [-0.3, -0.25) is 0 Å². The van der Waals surface area contributed by atoms with E-state index in [4.69, 9.17) is 4.74 Å². The normalized spacial score (nSPS) is 11.0. The molecule has 0 fully saturated rings. The van der Waals surface area contributed by atoms with Crippen LogP contribution in [0.3, 0.4) is 0 Å². The monoisotopic (exact) mass is 312 g/mol. The fourth-order valence-electron chi connectivity index (χ4n) is 2.71. The third-order valence-corrected chi connectivity index (χ3v) is 4.08. The summed E-state index contributed by atoms with van der Waals surface area (Å²) in [7, 11) is 0. The highest BCUT2D eigenvalue weighted by molar-refractivity contribution is 5.39. The van der Waals surface area contributed by atoms with Crippen LogP contribution in [0.25, 0.3) is 0 Å². The van der Waals surface area contributed by atoms with Gasteiger partial charge >= 0.3 is 0 Å². The number of nitrogens with two attached hydrogens (primary N) is 1. The zero-order valence-corrected chi connectivity index (χ0v) is 14.7. The van der Waals surface area contributed by atoms with Gasteiger partial charge in [0.15, 0.2) is 0 Å². The van der Waals surface area contributed by atoms with E-state index < -0.39 is 0 Å². The van der Waals surface area contributed by atoms with Crippen molar-refractivity contribution in [3.05, 3.63) is 65.2 Å². The second-order valence-electron chi connectivity index (χ2n) is 6.50. The van der Waals surface area contributed by atoms with E-state index in [0.717, 1.165) is 38.3 Å². The Morgan fingerprint density at radius 2 is 1.78 bits per heavy atom. The average molecular weight is 312 g/mol. The van der Waals surface area contributed by atoms with Gasteiger partial charge in [0.25, 0.3) is 0 Å². The Morgan fingerprint density at radius 3 is 2.52 bits per heavy atom. The van der Waals surface area contributed by atoms with Crippen molar-refractivity contribution in [2.45, 2.75) is 39.5 Å². The molecule has 0 radical (unpaired) electrons. The molecule has 0 unspecified atom stereocenters. The molecule has 2 heteroatoms.